The molecule has 1 N–H and O–H groups in total. The molecule has 0 aliphatic heterocycles. The fourth-order valence-electron chi connectivity index (χ4n) is 2.84. The average molecular weight is 409 g/mol. The quantitative estimate of drug-likeness (QED) is 0.492. The Morgan fingerprint density at radius 3 is 2.69 bits per heavy atom. The Kier molecular flexibility index (Phi) is 5.09. The summed E-state index contributed by atoms with van der Waals surface area (Å²) in [4.78, 5) is 17.9. The maximum atomic E-state index is 13.1. The molecule has 0 unspecified atom stereocenters. The van der Waals surface area contributed by atoms with Gasteiger partial charge in [-0.15, -0.1) is 11.3 Å². The average Bonchev–Trinajstić information content (AvgIpc) is 3.36. The summed E-state index contributed by atoms with van der Waals surface area (Å²) in [7, 11) is 1.56. The number of ether oxygens (including phenoxy) is 1. The van der Waals surface area contributed by atoms with Gasteiger partial charge in [-0.25, -0.2) is 9.37 Å². The van der Waals surface area contributed by atoms with Gasteiger partial charge in [-0.2, -0.15) is 0 Å². The standard InChI is InChI=1S/C21H16FN3O3S/c1-12-19(13-7-9-14(22)10-8-13)23-21(29-12)24-20(26)16-11-18(28-25-16)15-5-3-4-6-17(15)27-2/h3-11H,1-2H3,(H,23,24,26). The van der Waals surface area contributed by atoms with Gasteiger partial charge in [0.2, 0.25) is 0 Å². The Labute approximate surface area is 170 Å². The van der Waals surface area contributed by atoms with E-state index in [1.54, 1.807) is 31.4 Å². The van der Waals surface area contributed by atoms with Crippen molar-refractivity contribution in [1.82, 2.24) is 10.1 Å². The van der Waals surface area contributed by atoms with Crippen LogP contribution in [0.25, 0.3) is 22.6 Å². The van der Waals surface area contributed by atoms with Crippen molar-refractivity contribution >= 4 is 22.4 Å². The van der Waals surface area contributed by atoms with Crippen LogP contribution in [0, 0.1) is 12.7 Å². The number of nitrogens with zero attached hydrogens (tertiary/aromatic N) is 2. The summed E-state index contributed by atoms with van der Waals surface area (Å²) in [6.45, 7) is 1.89. The second kappa shape index (κ2) is 7.84. The van der Waals surface area contributed by atoms with Gasteiger partial charge >= 0.3 is 0 Å². The van der Waals surface area contributed by atoms with Gasteiger partial charge in [0.05, 0.1) is 18.4 Å². The molecule has 4 aromatic rings. The van der Waals surface area contributed by atoms with E-state index in [9.17, 15) is 9.18 Å². The second-order valence-electron chi connectivity index (χ2n) is 6.16. The van der Waals surface area contributed by atoms with Crippen LogP contribution < -0.4 is 10.1 Å². The molecular formula is C21H16FN3O3S. The molecule has 146 valence electrons. The second-order valence-corrected chi connectivity index (χ2v) is 7.36. The lowest BCUT2D eigenvalue weighted by atomic mass is 10.1. The molecule has 1 amide bonds. The van der Waals surface area contributed by atoms with E-state index >= 15 is 0 Å². The smallest absolute Gasteiger partial charge is 0.279 e. The zero-order chi connectivity index (χ0) is 20.4. The van der Waals surface area contributed by atoms with Gasteiger partial charge in [0.1, 0.15) is 11.6 Å². The summed E-state index contributed by atoms with van der Waals surface area (Å²) in [6.07, 6.45) is 0. The summed E-state index contributed by atoms with van der Waals surface area (Å²) in [6, 6.07) is 14.9. The first kappa shape index (κ1) is 18.8. The first-order valence-corrected chi connectivity index (χ1v) is 9.51. The Bertz CT molecular complexity index is 1170. The number of hydrogen-bond donors (Lipinski definition) is 1. The van der Waals surface area contributed by atoms with Crippen LogP contribution in [0.2, 0.25) is 0 Å². The van der Waals surface area contributed by atoms with Crippen LogP contribution in [0.5, 0.6) is 5.75 Å². The minimum Gasteiger partial charge on any atom is -0.496 e. The molecule has 6 nitrogen and oxygen atoms in total. The number of nitrogens with one attached hydrogen (secondary N) is 1. The minimum absolute atomic E-state index is 0.127. The summed E-state index contributed by atoms with van der Waals surface area (Å²) in [5.41, 5.74) is 2.30. The molecule has 29 heavy (non-hydrogen) atoms. The van der Waals surface area contributed by atoms with Crippen LogP contribution in [0.4, 0.5) is 9.52 Å². The molecule has 0 radical (unpaired) electrons. The Balaban J connectivity index is 1.54. The molecule has 0 bridgehead atoms. The van der Waals surface area contributed by atoms with Crippen LogP contribution in [-0.4, -0.2) is 23.2 Å². The number of halogens is 1. The molecule has 0 aliphatic rings. The SMILES string of the molecule is COc1ccccc1-c1cc(C(=O)Nc2nc(-c3ccc(F)cc3)c(C)s2)no1. The van der Waals surface area contributed by atoms with Gasteiger partial charge in [-0.3, -0.25) is 10.1 Å². The highest BCUT2D eigenvalue weighted by molar-refractivity contribution is 7.16. The van der Waals surface area contributed by atoms with Crippen LogP contribution in [0.1, 0.15) is 15.4 Å². The molecule has 2 heterocycles. The lowest BCUT2D eigenvalue weighted by molar-refractivity contribution is 0.101. The van der Waals surface area contributed by atoms with E-state index in [4.69, 9.17) is 9.26 Å². The third-order valence-electron chi connectivity index (χ3n) is 4.25. The third-order valence-corrected chi connectivity index (χ3v) is 5.14. The zero-order valence-electron chi connectivity index (χ0n) is 15.6. The number of thiazole rings is 1. The number of aryl methyl sites for hydroxylation is 1. The molecule has 0 atom stereocenters. The monoisotopic (exact) mass is 409 g/mol. The normalized spacial score (nSPS) is 10.7. The highest BCUT2D eigenvalue weighted by Crippen LogP contribution is 2.32. The molecule has 8 heteroatoms. The van der Waals surface area contributed by atoms with Crippen molar-refractivity contribution < 1.29 is 18.4 Å². The lowest BCUT2D eigenvalue weighted by Gasteiger charge is -2.03. The van der Waals surface area contributed by atoms with E-state index in [1.807, 2.05) is 25.1 Å². The number of anilines is 1. The number of carbonyl (C=O) groups excluding carboxylic acids is 1. The van der Waals surface area contributed by atoms with E-state index in [0.29, 0.717) is 27.9 Å². The van der Waals surface area contributed by atoms with Gasteiger partial charge < -0.3 is 9.26 Å². The molecule has 0 saturated heterocycles. The van der Waals surface area contributed by atoms with Gasteiger partial charge in [0, 0.05) is 16.5 Å². The summed E-state index contributed by atoms with van der Waals surface area (Å²) < 4.78 is 23.8. The minimum atomic E-state index is -0.436. The summed E-state index contributed by atoms with van der Waals surface area (Å²) in [5, 5.41) is 7.01. The van der Waals surface area contributed by atoms with Crippen LogP contribution in [0.15, 0.2) is 59.1 Å². The Morgan fingerprint density at radius 2 is 1.93 bits per heavy atom. The van der Waals surface area contributed by atoms with E-state index in [0.717, 1.165) is 10.4 Å². The van der Waals surface area contributed by atoms with Crippen molar-refractivity contribution in [3.63, 3.8) is 0 Å². The van der Waals surface area contributed by atoms with Crippen molar-refractivity contribution in [2.24, 2.45) is 0 Å². The number of carbonyl (C=O) groups is 1. The summed E-state index contributed by atoms with van der Waals surface area (Å²) in [5.74, 6) is 0.298. The van der Waals surface area contributed by atoms with Crippen molar-refractivity contribution in [3.05, 3.63) is 71.0 Å². The lowest BCUT2D eigenvalue weighted by Crippen LogP contribution is -2.11. The predicted octanol–water partition coefficient (Wildman–Crippen LogP) is 5.17. The number of hydrogen-bond acceptors (Lipinski definition) is 6. The van der Waals surface area contributed by atoms with Crippen LogP contribution in [-0.2, 0) is 0 Å². The topological polar surface area (TPSA) is 77.2 Å². The number of benzene rings is 2. The van der Waals surface area contributed by atoms with Crippen molar-refractivity contribution in [2.45, 2.75) is 6.92 Å². The fraction of sp³-hybridized carbons (Fsp3) is 0.0952. The molecule has 0 spiro atoms. The highest BCUT2D eigenvalue weighted by Gasteiger charge is 2.18. The van der Waals surface area contributed by atoms with Crippen molar-refractivity contribution in [3.8, 4) is 28.3 Å². The molecule has 2 aromatic carbocycles. The summed E-state index contributed by atoms with van der Waals surface area (Å²) >= 11 is 1.33. The maximum Gasteiger partial charge on any atom is 0.279 e. The largest absolute Gasteiger partial charge is 0.496 e. The Morgan fingerprint density at radius 1 is 1.17 bits per heavy atom. The maximum absolute atomic E-state index is 13.1. The number of methoxy groups -OCH3 is 1. The number of para-hydroxylation sites is 1. The molecule has 0 aliphatic carbocycles. The van der Waals surface area contributed by atoms with Crippen molar-refractivity contribution in [2.75, 3.05) is 12.4 Å². The molecule has 2 aromatic heterocycles. The van der Waals surface area contributed by atoms with Gasteiger partial charge in [-0.05, 0) is 43.3 Å². The number of amides is 1. The van der Waals surface area contributed by atoms with Crippen LogP contribution >= 0.6 is 11.3 Å². The zero-order valence-corrected chi connectivity index (χ0v) is 16.4. The number of aromatic nitrogens is 2. The molecule has 0 fully saturated rings. The molecule has 0 saturated carbocycles. The van der Waals surface area contributed by atoms with Crippen molar-refractivity contribution in [1.29, 1.82) is 0 Å². The Hall–Kier alpha value is -3.52. The highest BCUT2D eigenvalue weighted by atomic mass is 32.1. The van der Waals surface area contributed by atoms with E-state index in [-0.39, 0.29) is 11.5 Å². The van der Waals surface area contributed by atoms with E-state index in [1.165, 1.54) is 23.5 Å². The first-order valence-electron chi connectivity index (χ1n) is 8.70. The van der Waals surface area contributed by atoms with Gasteiger partial charge in [-0.1, -0.05) is 17.3 Å². The first-order chi connectivity index (χ1) is 14.0. The van der Waals surface area contributed by atoms with Crippen LogP contribution in [0.3, 0.4) is 0 Å². The predicted molar refractivity (Wildman–Crippen MR) is 109 cm³/mol. The number of rotatable bonds is 5. The van der Waals surface area contributed by atoms with Gasteiger partial charge in [0.25, 0.3) is 5.91 Å². The fourth-order valence-corrected chi connectivity index (χ4v) is 3.67. The van der Waals surface area contributed by atoms with E-state index < -0.39 is 5.91 Å². The molecule has 4 rings (SSSR count). The van der Waals surface area contributed by atoms with E-state index in [2.05, 4.69) is 15.5 Å². The van der Waals surface area contributed by atoms with Gasteiger partial charge in [0.15, 0.2) is 16.6 Å². The molecular weight excluding hydrogens is 393 g/mol. The third kappa shape index (κ3) is 3.88.